The lowest BCUT2D eigenvalue weighted by Gasteiger charge is -2.32. The minimum atomic E-state index is 0.546. The highest BCUT2D eigenvalue weighted by molar-refractivity contribution is 8.00. The van der Waals surface area contributed by atoms with Crippen molar-refractivity contribution in [1.82, 2.24) is 5.32 Å². The summed E-state index contributed by atoms with van der Waals surface area (Å²) in [7, 11) is 0. The monoisotopic (exact) mass is 264 g/mol. The Morgan fingerprint density at radius 1 is 1.33 bits per heavy atom. The van der Waals surface area contributed by atoms with E-state index in [0.29, 0.717) is 6.04 Å². The quantitative estimate of drug-likeness (QED) is 0.899. The number of hydrogen-bond donors (Lipinski definition) is 1. The number of nitrogens with one attached hydrogen (secondary N) is 1. The Labute approximate surface area is 115 Å². The lowest BCUT2D eigenvalue weighted by atomic mass is 10.2. The van der Waals surface area contributed by atoms with Crippen LogP contribution in [-0.4, -0.2) is 30.1 Å². The SMILES string of the molecule is CC(C)NCc1ccc(N2CCSC(C)C2)cc1. The van der Waals surface area contributed by atoms with E-state index in [0.717, 1.165) is 11.8 Å². The van der Waals surface area contributed by atoms with Crippen LogP contribution in [0.1, 0.15) is 26.3 Å². The molecule has 1 aromatic rings. The molecule has 1 aliphatic rings. The van der Waals surface area contributed by atoms with Crippen LogP contribution in [-0.2, 0) is 6.54 Å². The van der Waals surface area contributed by atoms with Crippen molar-refractivity contribution in [3.05, 3.63) is 29.8 Å². The summed E-state index contributed by atoms with van der Waals surface area (Å²) in [4.78, 5) is 2.50. The molecule has 0 saturated carbocycles. The largest absolute Gasteiger partial charge is 0.370 e. The number of anilines is 1. The maximum atomic E-state index is 3.45. The molecule has 1 N–H and O–H groups in total. The van der Waals surface area contributed by atoms with Crippen molar-refractivity contribution in [2.45, 2.75) is 38.6 Å². The Morgan fingerprint density at radius 3 is 2.67 bits per heavy atom. The van der Waals surface area contributed by atoms with E-state index in [1.165, 1.54) is 30.1 Å². The molecule has 3 heteroatoms. The lowest BCUT2D eigenvalue weighted by molar-refractivity contribution is 0.589. The number of thioether (sulfide) groups is 1. The highest BCUT2D eigenvalue weighted by Crippen LogP contribution is 2.23. The fourth-order valence-electron chi connectivity index (χ4n) is 2.20. The zero-order valence-electron chi connectivity index (χ0n) is 11.6. The van der Waals surface area contributed by atoms with Gasteiger partial charge >= 0.3 is 0 Å². The maximum absolute atomic E-state index is 3.45. The minimum absolute atomic E-state index is 0.546. The summed E-state index contributed by atoms with van der Waals surface area (Å²) in [5.41, 5.74) is 2.74. The summed E-state index contributed by atoms with van der Waals surface area (Å²) in [6.07, 6.45) is 0. The molecule has 0 spiro atoms. The third-order valence-electron chi connectivity index (χ3n) is 3.26. The average Bonchev–Trinajstić information content (AvgIpc) is 2.37. The molecular weight excluding hydrogens is 240 g/mol. The molecule has 1 heterocycles. The summed E-state index contributed by atoms with van der Waals surface area (Å²) in [6.45, 7) is 10.00. The topological polar surface area (TPSA) is 15.3 Å². The van der Waals surface area contributed by atoms with Gasteiger partial charge in [-0.05, 0) is 17.7 Å². The number of nitrogens with zero attached hydrogens (tertiary/aromatic N) is 1. The van der Waals surface area contributed by atoms with Crippen LogP contribution in [0.4, 0.5) is 5.69 Å². The first-order valence-corrected chi connectivity index (χ1v) is 7.89. The zero-order chi connectivity index (χ0) is 13.0. The van der Waals surface area contributed by atoms with Crippen molar-refractivity contribution >= 4 is 17.4 Å². The molecule has 18 heavy (non-hydrogen) atoms. The second kappa shape index (κ2) is 6.48. The predicted molar refractivity (Wildman–Crippen MR) is 82.6 cm³/mol. The maximum Gasteiger partial charge on any atom is 0.0367 e. The van der Waals surface area contributed by atoms with Crippen LogP contribution in [0.3, 0.4) is 0 Å². The van der Waals surface area contributed by atoms with Gasteiger partial charge in [-0.2, -0.15) is 11.8 Å². The van der Waals surface area contributed by atoms with Crippen molar-refractivity contribution in [3.8, 4) is 0 Å². The minimum Gasteiger partial charge on any atom is -0.370 e. The van der Waals surface area contributed by atoms with Gasteiger partial charge < -0.3 is 10.2 Å². The van der Waals surface area contributed by atoms with Crippen LogP contribution in [0.2, 0.25) is 0 Å². The number of rotatable bonds is 4. The van der Waals surface area contributed by atoms with Crippen molar-refractivity contribution in [2.75, 3.05) is 23.7 Å². The Balaban J connectivity index is 1.94. The van der Waals surface area contributed by atoms with Gasteiger partial charge in [-0.3, -0.25) is 0 Å². The van der Waals surface area contributed by atoms with Crippen LogP contribution >= 0.6 is 11.8 Å². The molecule has 1 aliphatic heterocycles. The van der Waals surface area contributed by atoms with Gasteiger partial charge in [-0.1, -0.05) is 32.9 Å². The highest BCUT2D eigenvalue weighted by Gasteiger charge is 2.16. The highest BCUT2D eigenvalue weighted by atomic mass is 32.2. The molecule has 1 aromatic carbocycles. The molecule has 1 saturated heterocycles. The first-order valence-electron chi connectivity index (χ1n) is 6.84. The lowest BCUT2D eigenvalue weighted by Crippen LogP contribution is -2.36. The number of benzene rings is 1. The first-order chi connectivity index (χ1) is 8.65. The van der Waals surface area contributed by atoms with Crippen LogP contribution < -0.4 is 10.2 Å². The molecule has 2 rings (SSSR count). The van der Waals surface area contributed by atoms with E-state index in [9.17, 15) is 0 Å². The van der Waals surface area contributed by atoms with Crippen molar-refractivity contribution in [3.63, 3.8) is 0 Å². The van der Waals surface area contributed by atoms with Crippen molar-refractivity contribution in [1.29, 1.82) is 0 Å². The van der Waals surface area contributed by atoms with E-state index in [4.69, 9.17) is 0 Å². The zero-order valence-corrected chi connectivity index (χ0v) is 12.5. The van der Waals surface area contributed by atoms with Crippen LogP contribution in [0.5, 0.6) is 0 Å². The fourth-order valence-corrected chi connectivity index (χ4v) is 3.21. The van der Waals surface area contributed by atoms with E-state index in [2.05, 4.69) is 67.0 Å². The van der Waals surface area contributed by atoms with Crippen molar-refractivity contribution in [2.24, 2.45) is 0 Å². The molecule has 100 valence electrons. The Morgan fingerprint density at radius 2 is 2.06 bits per heavy atom. The second-order valence-corrected chi connectivity index (χ2v) is 6.88. The summed E-state index contributed by atoms with van der Waals surface area (Å²) in [6, 6.07) is 9.57. The molecule has 1 unspecified atom stereocenters. The van der Waals surface area contributed by atoms with Gasteiger partial charge in [0.25, 0.3) is 0 Å². The number of hydrogen-bond acceptors (Lipinski definition) is 3. The van der Waals surface area contributed by atoms with Crippen LogP contribution in [0, 0.1) is 0 Å². The van der Waals surface area contributed by atoms with E-state index >= 15 is 0 Å². The molecule has 2 nitrogen and oxygen atoms in total. The molecule has 0 amide bonds. The first kappa shape index (κ1) is 13.8. The van der Waals surface area contributed by atoms with Gasteiger partial charge in [0.2, 0.25) is 0 Å². The average molecular weight is 264 g/mol. The molecular formula is C15H24N2S. The Bertz CT molecular complexity index is 361. The van der Waals surface area contributed by atoms with E-state index < -0.39 is 0 Å². The summed E-state index contributed by atoms with van der Waals surface area (Å²) < 4.78 is 0. The van der Waals surface area contributed by atoms with E-state index in [-0.39, 0.29) is 0 Å². The molecule has 1 atom stereocenters. The third-order valence-corrected chi connectivity index (χ3v) is 4.39. The van der Waals surface area contributed by atoms with Gasteiger partial charge in [0.15, 0.2) is 0 Å². The second-order valence-electron chi connectivity index (χ2n) is 5.33. The molecule has 1 fully saturated rings. The van der Waals surface area contributed by atoms with Crippen LogP contribution in [0.15, 0.2) is 24.3 Å². The van der Waals surface area contributed by atoms with Gasteiger partial charge in [-0.15, -0.1) is 0 Å². The van der Waals surface area contributed by atoms with Gasteiger partial charge in [0.05, 0.1) is 0 Å². The van der Waals surface area contributed by atoms with Gasteiger partial charge in [0, 0.05) is 42.4 Å². The molecule has 0 aromatic heterocycles. The van der Waals surface area contributed by atoms with Gasteiger partial charge in [-0.25, -0.2) is 0 Å². The molecule has 0 radical (unpaired) electrons. The third kappa shape index (κ3) is 3.92. The van der Waals surface area contributed by atoms with Crippen molar-refractivity contribution < 1.29 is 0 Å². The van der Waals surface area contributed by atoms with E-state index in [1.807, 2.05) is 0 Å². The standard InChI is InChI=1S/C15H24N2S/c1-12(2)16-10-14-4-6-15(7-5-14)17-8-9-18-13(3)11-17/h4-7,12-13,16H,8-11H2,1-3H3. The van der Waals surface area contributed by atoms with Crippen LogP contribution in [0.25, 0.3) is 0 Å². The smallest absolute Gasteiger partial charge is 0.0367 e. The Kier molecular flexibility index (Phi) is 4.95. The summed E-state index contributed by atoms with van der Waals surface area (Å²) >= 11 is 2.08. The van der Waals surface area contributed by atoms with Gasteiger partial charge in [0.1, 0.15) is 0 Å². The molecule has 0 aliphatic carbocycles. The Hall–Kier alpha value is -0.670. The fraction of sp³-hybridized carbons (Fsp3) is 0.600. The summed E-state index contributed by atoms with van der Waals surface area (Å²) in [5.74, 6) is 1.25. The van der Waals surface area contributed by atoms with E-state index in [1.54, 1.807) is 0 Å². The predicted octanol–water partition coefficient (Wildman–Crippen LogP) is 3.13. The summed E-state index contributed by atoms with van der Waals surface area (Å²) in [5, 5.41) is 4.20. The normalized spacial score (nSPS) is 20.4. The molecule has 0 bridgehead atoms.